The van der Waals surface area contributed by atoms with E-state index < -0.39 is 0 Å². The van der Waals surface area contributed by atoms with Gasteiger partial charge in [-0.25, -0.2) is 0 Å². The summed E-state index contributed by atoms with van der Waals surface area (Å²) in [4.78, 5) is 4.93. The molecule has 0 saturated carbocycles. The lowest BCUT2D eigenvalue weighted by Crippen LogP contribution is -2.11. The van der Waals surface area contributed by atoms with Gasteiger partial charge in [-0.05, 0) is 219 Å². The van der Waals surface area contributed by atoms with Gasteiger partial charge in [0.2, 0.25) is 0 Å². The van der Waals surface area contributed by atoms with Crippen molar-refractivity contribution in [3.8, 4) is 0 Å². The number of nitrogens with zero attached hydrogens (tertiary/aromatic N) is 2. The third-order valence-corrected chi connectivity index (χ3v) is 24.2. The fraction of sp³-hybridized carbons (Fsp3) is 0. The monoisotopic (exact) mass is 1510 g/mol. The molecule has 24 aromatic carbocycles. The summed E-state index contributed by atoms with van der Waals surface area (Å²) >= 11 is 0. The lowest BCUT2D eigenvalue weighted by molar-refractivity contribution is 1.30. The van der Waals surface area contributed by atoms with E-state index in [9.17, 15) is 0 Å². The van der Waals surface area contributed by atoms with Crippen LogP contribution in [-0.4, -0.2) is 0 Å². The minimum atomic E-state index is 1.12. The second-order valence-electron chi connectivity index (χ2n) is 31.0. The normalized spacial score (nSPS) is 11.7. The first-order valence-corrected chi connectivity index (χ1v) is 41.0. The van der Waals surface area contributed by atoms with Crippen molar-refractivity contribution in [2.45, 2.75) is 0 Å². The molecule has 24 aromatic rings. The van der Waals surface area contributed by atoms with Crippen LogP contribution < -0.4 is 15.1 Å². The highest BCUT2D eigenvalue weighted by molar-refractivity contribution is 6.29. The minimum absolute atomic E-state index is 1.12. The Labute approximate surface area is 689 Å². The van der Waals surface area contributed by atoms with Crippen LogP contribution in [0.2, 0.25) is 0 Å². The molecule has 24 rings (SSSR count). The Morgan fingerprint density at radius 1 is 0.160 bits per heavy atom. The number of hydrogen-bond donors (Lipinski definition) is 1. The highest BCUT2D eigenvalue weighted by Crippen LogP contribution is 2.49. The van der Waals surface area contributed by atoms with E-state index in [2.05, 4.69) is 470 Å². The summed E-state index contributed by atoms with van der Waals surface area (Å²) in [6, 6.07) is 163. The molecular weight excluding hydrogens is 1440 g/mol. The van der Waals surface area contributed by atoms with Crippen molar-refractivity contribution in [1.29, 1.82) is 0 Å². The van der Waals surface area contributed by atoms with E-state index >= 15 is 0 Å². The van der Waals surface area contributed by atoms with E-state index in [1.54, 1.807) is 0 Å². The standard InChI is InChI=1S/C54H33N.C34H23N.C28H21N/c1-4-19-43-37(13-1)40-16-7-10-22-46(40)52-31-34(25-28-49(43)52)55(35-26-29-50-44-20-5-2-14-38(44)41-17-8-11-23-47(41)53(50)32-35)36-27-30-51-45-21-6-3-15-39(45)42-18-9-12-24-48(42)54(51)33-36;1-2-12-26-23-29(21-20-24(26)10-1)35(33-19-9-15-25-11-3-6-16-30(25)33)34-31-17-7-4-13-27(31)22-28-14-5-8-18-32(28)34;1-2-9-21(10-3-1)17-18-23-19-20-28(26-15-7-6-13-24(23)26)29-27-16-8-12-22-11-4-5-14-25(22)27/h1-33H;1-23H;1-20,29H/b;;18-17+. The summed E-state index contributed by atoms with van der Waals surface area (Å²) in [5, 5.41) is 41.4. The average Bonchev–Trinajstić information content (AvgIpc) is 0.751. The fourth-order valence-corrected chi connectivity index (χ4v) is 18.7. The quantitative estimate of drug-likeness (QED) is 0.0836. The number of benzene rings is 24. The van der Waals surface area contributed by atoms with Crippen LogP contribution in [0, 0.1) is 0 Å². The second-order valence-corrected chi connectivity index (χ2v) is 31.0. The van der Waals surface area contributed by atoms with Gasteiger partial charge in [0, 0.05) is 61.1 Å². The maximum atomic E-state index is 3.67. The zero-order valence-corrected chi connectivity index (χ0v) is 65.3. The maximum absolute atomic E-state index is 3.67. The number of fused-ring (bicyclic) bond motifs is 24. The predicted octanol–water partition coefficient (Wildman–Crippen LogP) is 33.2. The van der Waals surface area contributed by atoms with Crippen LogP contribution in [0.4, 0.5) is 45.5 Å². The first-order chi connectivity index (χ1) is 59.0. The smallest absolute Gasteiger partial charge is 0.0618 e. The van der Waals surface area contributed by atoms with Crippen LogP contribution in [0.25, 0.3) is 174 Å². The molecule has 0 fully saturated rings. The Balaban J connectivity index is 0.000000115. The summed E-state index contributed by atoms with van der Waals surface area (Å²) in [6.45, 7) is 0. The zero-order valence-electron chi connectivity index (χ0n) is 65.3. The Bertz CT molecular complexity index is 7640. The van der Waals surface area contributed by atoms with Crippen LogP contribution in [0.5, 0.6) is 0 Å². The van der Waals surface area contributed by atoms with Gasteiger partial charge in [-0.1, -0.05) is 388 Å². The SMILES string of the molecule is C(=C\c1ccc(Nc2cccc3ccccc23)c2ccccc12)/c1ccccc1.c1ccc2c(c1)c1ccccc1c1cc(N(c3ccc4c5ccccc5c5ccccc5c4c3)c3ccc4c5ccccc5c5ccccc5c4c3)ccc21.c1ccc2cc(N(c3cccc4ccccc34)c3c4ccccc4cc4ccccc34)ccc2c1. The highest BCUT2D eigenvalue weighted by atomic mass is 15.2. The molecule has 0 amide bonds. The first-order valence-electron chi connectivity index (χ1n) is 41.0. The van der Waals surface area contributed by atoms with Gasteiger partial charge in [-0.15, -0.1) is 0 Å². The Hall–Kier alpha value is -15.7. The van der Waals surface area contributed by atoms with E-state index in [0.717, 1.165) is 34.1 Å². The van der Waals surface area contributed by atoms with Crippen molar-refractivity contribution in [2.75, 3.05) is 15.1 Å². The van der Waals surface area contributed by atoms with Crippen LogP contribution in [-0.2, 0) is 0 Å². The van der Waals surface area contributed by atoms with Gasteiger partial charge in [0.1, 0.15) is 0 Å². The zero-order chi connectivity index (χ0) is 78.7. The second kappa shape index (κ2) is 29.9. The molecule has 0 saturated heterocycles. The molecule has 0 atom stereocenters. The molecule has 0 aromatic heterocycles. The van der Waals surface area contributed by atoms with Crippen LogP contribution in [0.15, 0.2) is 449 Å². The van der Waals surface area contributed by atoms with Gasteiger partial charge < -0.3 is 15.1 Å². The molecule has 0 aliphatic heterocycles. The molecule has 0 bridgehead atoms. The molecule has 3 nitrogen and oxygen atoms in total. The van der Waals surface area contributed by atoms with Crippen LogP contribution in [0.3, 0.4) is 0 Å². The molecule has 0 aliphatic carbocycles. The predicted molar refractivity (Wildman–Crippen MR) is 516 cm³/mol. The van der Waals surface area contributed by atoms with E-state index in [4.69, 9.17) is 0 Å². The summed E-state index contributed by atoms with van der Waals surface area (Å²) in [6.07, 6.45) is 4.36. The van der Waals surface area contributed by atoms with E-state index in [1.165, 1.54) is 184 Å². The summed E-state index contributed by atoms with van der Waals surface area (Å²) in [5.41, 5.74) is 11.6. The van der Waals surface area contributed by atoms with E-state index in [0.29, 0.717) is 0 Å². The maximum Gasteiger partial charge on any atom is 0.0618 e. The van der Waals surface area contributed by atoms with Crippen molar-refractivity contribution >= 4 is 219 Å². The van der Waals surface area contributed by atoms with E-state index in [1.807, 2.05) is 6.07 Å². The van der Waals surface area contributed by atoms with Gasteiger partial charge in [0.15, 0.2) is 0 Å². The van der Waals surface area contributed by atoms with Crippen LogP contribution in [0.1, 0.15) is 11.1 Å². The van der Waals surface area contributed by atoms with E-state index in [-0.39, 0.29) is 0 Å². The van der Waals surface area contributed by atoms with Crippen molar-refractivity contribution < 1.29 is 0 Å². The Kier molecular flexibility index (Phi) is 17.6. The molecule has 0 radical (unpaired) electrons. The molecule has 556 valence electrons. The van der Waals surface area contributed by atoms with Gasteiger partial charge >= 0.3 is 0 Å². The third-order valence-electron chi connectivity index (χ3n) is 24.2. The summed E-state index contributed by atoms with van der Waals surface area (Å²) < 4.78 is 0. The van der Waals surface area contributed by atoms with Gasteiger partial charge in [0.05, 0.1) is 11.4 Å². The number of nitrogens with one attached hydrogen (secondary N) is 1. The summed E-state index contributed by atoms with van der Waals surface area (Å²) in [5.74, 6) is 0. The molecule has 0 spiro atoms. The first kappa shape index (κ1) is 70.0. The third kappa shape index (κ3) is 12.6. The van der Waals surface area contributed by atoms with Crippen molar-refractivity contribution in [3.05, 3.63) is 460 Å². The molecule has 0 heterocycles. The van der Waals surface area contributed by atoms with Crippen molar-refractivity contribution in [1.82, 2.24) is 0 Å². The van der Waals surface area contributed by atoms with Crippen molar-refractivity contribution in [3.63, 3.8) is 0 Å². The lowest BCUT2D eigenvalue weighted by atomic mass is 9.92. The van der Waals surface area contributed by atoms with Crippen LogP contribution >= 0.6 is 0 Å². The lowest BCUT2D eigenvalue weighted by Gasteiger charge is -2.30. The molecule has 3 heteroatoms. The Morgan fingerprint density at radius 2 is 0.479 bits per heavy atom. The molecule has 0 aliphatic rings. The number of anilines is 8. The molecular formula is C116H77N3. The number of hydrogen-bond acceptors (Lipinski definition) is 3. The van der Waals surface area contributed by atoms with Gasteiger partial charge in [-0.3, -0.25) is 0 Å². The minimum Gasteiger partial charge on any atom is -0.355 e. The van der Waals surface area contributed by atoms with Crippen molar-refractivity contribution in [2.24, 2.45) is 0 Å². The average molecular weight is 1510 g/mol. The summed E-state index contributed by atoms with van der Waals surface area (Å²) in [7, 11) is 0. The number of rotatable bonds is 10. The topological polar surface area (TPSA) is 18.5 Å². The molecule has 0 unspecified atom stereocenters. The Morgan fingerprint density at radius 3 is 0.950 bits per heavy atom. The van der Waals surface area contributed by atoms with Gasteiger partial charge in [0.25, 0.3) is 0 Å². The fourth-order valence-electron chi connectivity index (χ4n) is 18.7. The molecule has 1 N–H and O–H groups in total. The largest absolute Gasteiger partial charge is 0.355 e. The highest BCUT2D eigenvalue weighted by Gasteiger charge is 2.24. The van der Waals surface area contributed by atoms with Gasteiger partial charge in [-0.2, -0.15) is 0 Å². The molecule has 119 heavy (non-hydrogen) atoms.